The summed E-state index contributed by atoms with van der Waals surface area (Å²) in [6.45, 7) is 3.03. The van der Waals surface area contributed by atoms with E-state index >= 15 is 0 Å². The maximum absolute atomic E-state index is 11.5. The van der Waals surface area contributed by atoms with E-state index in [0.29, 0.717) is 12.8 Å². The van der Waals surface area contributed by atoms with Crippen LogP contribution >= 0.6 is 0 Å². The summed E-state index contributed by atoms with van der Waals surface area (Å²) in [5.74, 6) is -0.0739. The molecule has 0 aromatic rings. The van der Waals surface area contributed by atoms with E-state index in [4.69, 9.17) is 5.73 Å². The third-order valence-electron chi connectivity index (χ3n) is 3.43. The highest BCUT2D eigenvalue weighted by Crippen LogP contribution is 2.06. The Morgan fingerprint density at radius 2 is 1.35 bits per heavy atom. The third-order valence-corrected chi connectivity index (χ3v) is 3.43. The van der Waals surface area contributed by atoms with Crippen LogP contribution in [0.5, 0.6) is 0 Å². The molecule has 4 heteroatoms. The maximum atomic E-state index is 11.5. The summed E-state index contributed by atoms with van der Waals surface area (Å²) in [4.78, 5) is 22.1. The average molecular weight is 284 g/mol. The topological polar surface area (TPSA) is 72.2 Å². The molecule has 0 radical (unpaired) electrons. The molecule has 0 aliphatic rings. The molecule has 0 atom stereocenters. The van der Waals surface area contributed by atoms with Gasteiger partial charge in [0.15, 0.2) is 0 Å². The number of rotatable bonds is 14. The molecule has 0 aromatic carbocycles. The van der Waals surface area contributed by atoms with Crippen molar-refractivity contribution in [2.24, 2.45) is 5.73 Å². The fraction of sp³-hybridized carbons (Fsp3) is 0.875. The van der Waals surface area contributed by atoms with Crippen molar-refractivity contribution in [2.45, 2.75) is 84.0 Å². The molecule has 0 aliphatic heterocycles. The molecule has 3 N–H and O–H groups in total. The Balaban J connectivity index is 3.19. The summed E-state index contributed by atoms with van der Waals surface area (Å²) in [7, 11) is 0. The molecule has 0 bridgehead atoms. The van der Waals surface area contributed by atoms with Gasteiger partial charge in [-0.05, 0) is 19.3 Å². The van der Waals surface area contributed by atoms with E-state index in [1.165, 1.54) is 32.1 Å². The number of primary amides is 1. The quantitative estimate of drug-likeness (QED) is 0.480. The Morgan fingerprint density at radius 1 is 0.800 bits per heavy atom. The van der Waals surface area contributed by atoms with Crippen LogP contribution < -0.4 is 11.1 Å². The average Bonchev–Trinajstić information content (AvgIpc) is 2.41. The number of nitrogens with two attached hydrogens (primary N) is 1. The summed E-state index contributed by atoms with van der Waals surface area (Å²) in [6, 6.07) is 0. The van der Waals surface area contributed by atoms with Gasteiger partial charge in [-0.2, -0.15) is 0 Å². The SMILES string of the molecule is CCCCCCCCNC(=O)CCCCCCC(N)=O. The van der Waals surface area contributed by atoms with E-state index in [-0.39, 0.29) is 11.8 Å². The molecule has 0 spiro atoms. The van der Waals surface area contributed by atoms with E-state index in [0.717, 1.165) is 38.6 Å². The normalized spacial score (nSPS) is 10.4. The molecule has 0 aliphatic carbocycles. The van der Waals surface area contributed by atoms with Gasteiger partial charge in [0.25, 0.3) is 0 Å². The van der Waals surface area contributed by atoms with Crippen LogP contribution in [0.3, 0.4) is 0 Å². The largest absolute Gasteiger partial charge is 0.370 e. The highest BCUT2D eigenvalue weighted by Gasteiger charge is 2.01. The van der Waals surface area contributed by atoms with Gasteiger partial charge >= 0.3 is 0 Å². The standard InChI is InChI=1S/C16H32N2O2/c1-2-3-4-5-8-11-14-18-16(20)13-10-7-6-9-12-15(17)19/h2-14H2,1H3,(H2,17,19)(H,18,20). The van der Waals surface area contributed by atoms with Crippen molar-refractivity contribution in [3.63, 3.8) is 0 Å². The van der Waals surface area contributed by atoms with Crippen LogP contribution in [0.2, 0.25) is 0 Å². The predicted octanol–water partition coefficient (Wildman–Crippen LogP) is 3.29. The van der Waals surface area contributed by atoms with Gasteiger partial charge in [0, 0.05) is 19.4 Å². The van der Waals surface area contributed by atoms with E-state index in [9.17, 15) is 9.59 Å². The third kappa shape index (κ3) is 15.0. The smallest absolute Gasteiger partial charge is 0.219 e. The van der Waals surface area contributed by atoms with Crippen molar-refractivity contribution in [3.05, 3.63) is 0 Å². The first kappa shape index (κ1) is 18.9. The van der Waals surface area contributed by atoms with Crippen LogP contribution in [-0.4, -0.2) is 18.4 Å². The Hall–Kier alpha value is -1.06. The molecule has 4 nitrogen and oxygen atoms in total. The van der Waals surface area contributed by atoms with Gasteiger partial charge in [-0.15, -0.1) is 0 Å². The van der Waals surface area contributed by atoms with Gasteiger partial charge in [-0.25, -0.2) is 0 Å². The molecule has 2 amide bonds. The molecule has 0 fully saturated rings. The second-order valence-corrected chi connectivity index (χ2v) is 5.50. The number of carbonyl (C=O) groups excluding carboxylic acids is 2. The first-order valence-electron chi connectivity index (χ1n) is 8.21. The number of carbonyl (C=O) groups is 2. The predicted molar refractivity (Wildman–Crippen MR) is 83.3 cm³/mol. The van der Waals surface area contributed by atoms with Crippen LogP contribution in [0.1, 0.15) is 84.0 Å². The molecule has 0 rings (SSSR count). The lowest BCUT2D eigenvalue weighted by atomic mass is 10.1. The van der Waals surface area contributed by atoms with E-state index in [1.807, 2.05) is 0 Å². The second kappa shape index (κ2) is 14.4. The fourth-order valence-electron chi connectivity index (χ4n) is 2.16. The van der Waals surface area contributed by atoms with Crippen LogP contribution in [0.15, 0.2) is 0 Å². The Labute approximate surface area is 123 Å². The van der Waals surface area contributed by atoms with E-state index in [1.54, 1.807) is 0 Å². The summed E-state index contributed by atoms with van der Waals surface area (Å²) in [6.07, 6.45) is 12.3. The number of hydrogen-bond acceptors (Lipinski definition) is 2. The van der Waals surface area contributed by atoms with E-state index in [2.05, 4.69) is 12.2 Å². The minimum absolute atomic E-state index is 0.161. The van der Waals surface area contributed by atoms with Gasteiger partial charge in [0.05, 0.1) is 0 Å². The molecule has 118 valence electrons. The zero-order valence-corrected chi connectivity index (χ0v) is 13.1. The summed E-state index contributed by atoms with van der Waals surface area (Å²) < 4.78 is 0. The molecule has 0 unspecified atom stereocenters. The summed E-state index contributed by atoms with van der Waals surface area (Å²) in [5.41, 5.74) is 5.06. The van der Waals surface area contributed by atoms with Crippen LogP contribution in [0, 0.1) is 0 Å². The van der Waals surface area contributed by atoms with Gasteiger partial charge in [-0.3, -0.25) is 9.59 Å². The van der Waals surface area contributed by atoms with Crippen LogP contribution in [0.4, 0.5) is 0 Å². The lowest BCUT2D eigenvalue weighted by Crippen LogP contribution is -2.23. The fourth-order valence-corrected chi connectivity index (χ4v) is 2.16. The summed E-state index contributed by atoms with van der Waals surface area (Å²) >= 11 is 0. The summed E-state index contributed by atoms with van der Waals surface area (Å²) in [5, 5.41) is 2.97. The minimum atomic E-state index is -0.235. The van der Waals surface area contributed by atoms with E-state index < -0.39 is 0 Å². The molecule has 0 aromatic heterocycles. The number of unbranched alkanes of at least 4 members (excludes halogenated alkanes) is 8. The zero-order valence-electron chi connectivity index (χ0n) is 13.1. The van der Waals surface area contributed by atoms with Gasteiger partial charge in [-0.1, -0.05) is 51.9 Å². The molecular formula is C16H32N2O2. The highest BCUT2D eigenvalue weighted by atomic mass is 16.1. The Bertz CT molecular complexity index is 255. The Kier molecular flexibility index (Phi) is 13.6. The number of nitrogens with one attached hydrogen (secondary N) is 1. The minimum Gasteiger partial charge on any atom is -0.370 e. The molecule has 0 saturated heterocycles. The van der Waals surface area contributed by atoms with Crippen molar-refractivity contribution < 1.29 is 9.59 Å². The lowest BCUT2D eigenvalue weighted by molar-refractivity contribution is -0.121. The zero-order chi connectivity index (χ0) is 15.1. The van der Waals surface area contributed by atoms with Crippen molar-refractivity contribution in [1.82, 2.24) is 5.32 Å². The lowest BCUT2D eigenvalue weighted by Gasteiger charge is -2.05. The van der Waals surface area contributed by atoms with Crippen molar-refractivity contribution >= 4 is 11.8 Å². The van der Waals surface area contributed by atoms with Gasteiger partial charge in [0.2, 0.25) is 11.8 Å². The molecule has 20 heavy (non-hydrogen) atoms. The van der Waals surface area contributed by atoms with Crippen LogP contribution in [-0.2, 0) is 9.59 Å². The number of hydrogen-bond donors (Lipinski definition) is 2. The van der Waals surface area contributed by atoms with Gasteiger partial charge < -0.3 is 11.1 Å². The first-order valence-corrected chi connectivity index (χ1v) is 8.21. The molecule has 0 heterocycles. The van der Waals surface area contributed by atoms with Crippen molar-refractivity contribution in [2.75, 3.05) is 6.54 Å². The number of amides is 2. The molecular weight excluding hydrogens is 252 g/mol. The molecule has 0 saturated carbocycles. The maximum Gasteiger partial charge on any atom is 0.219 e. The monoisotopic (exact) mass is 284 g/mol. The highest BCUT2D eigenvalue weighted by molar-refractivity contribution is 5.75. The van der Waals surface area contributed by atoms with Crippen molar-refractivity contribution in [3.8, 4) is 0 Å². The van der Waals surface area contributed by atoms with Gasteiger partial charge in [0.1, 0.15) is 0 Å². The Morgan fingerprint density at radius 3 is 2.00 bits per heavy atom. The van der Waals surface area contributed by atoms with Crippen molar-refractivity contribution in [1.29, 1.82) is 0 Å². The van der Waals surface area contributed by atoms with Crippen LogP contribution in [0.25, 0.3) is 0 Å². The first-order chi connectivity index (χ1) is 9.66. The second-order valence-electron chi connectivity index (χ2n) is 5.50.